The Hall–Kier alpha value is -0.820. The van der Waals surface area contributed by atoms with Gasteiger partial charge in [-0.1, -0.05) is 69.9 Å². The molecule has 1 rings (SSSR count). The summed E-state index contributed by atoms with van der Waals surface area (Å²) in [5.41, 5.74) is 0.352. The molecule has 0 heterocycles. The normalized spacial score (nSPS) is 16.5. The van der Waals surface area contributed by atoms with Crippen molar-refractivity contribution in [2.75, 3.05) is 0 Å². The molecule has 0 radical (unpaired) electrons. The topological polar surface area (TPSA) is 20.2 Å². The lowest BCUT2D eigenvalue weighted by Gasteiger charge is -2.28. The molecule has 0 spiro atoms. The molecule has 1 N–H and O–H groups in total. The van der Waals surface area contributed by atoms with Crippen molar-refractivity contribution in [3.63, 3.8) is 0 Å². The zero-order chi connectivity index (χ0) is 12.7. The van der Waals surface area contributed by atoms with E-state index in [0.29, 0.717) is 5.92 Å². The van der Waals surface area contributed by atoms with E-state index in [1.165, 1.54) is 19.3 Å². The van der Waals surface area contributed by atoms with Crippen molar-refractivity contribution >= 4 is 0 Å². The number of hydrogen-bond donors (Lipinski definition) is 1. The molecule has 96 valence electrons. The average Bonchev–Trinajstić information content (AvgIpc) is 2.35. The SMILES string of the molecule is CCCCC(CC)CC(C)(O)c1ccccc1. The summed E-state index contributed by atoms with van der Waals surface area (Å²) in [5, 5.41) is 10.6. The van der Waals surface area contributed by atoms with E-state index in [9.17, 15) is 5.11 Å². The lowest BCUT2D eigenvalue weighted by Crippen LogP contribution is -2.24. The second-order valence-electron chi connectivity index (χ2n) is 5.26. The molecule has 0 bridgehead atoms. The van der Waals surface area contributed by atoms with Gasteiger partial charge in [-0.25, -0.2) is 0 Å². The number of unbranched alkanes of at least 4 members (excludes halogenated alkanes) is 1. The fraction of sp³-hybridized carbons (Fsp3) is 0.625. The molecule has 0 aliphatic carbocycles. The minimum absolute atomic E-state index is 0.630. The molecular weight excluding hydrogens is 208 g/mol. The summed E-state index contributed by atoms with van der Waals surface area (Å²) in [6.45, 7) is 6.39. The molecule has 17 heavy (non-hydrogen) atoms. The second kappa shape index (κ2) is 6.80. The molecule has 1 nitrogen and oxygen atoms in total. The lowest BCUT2D eigenvalue weighted by molar-refractivity contribution is 0.0275. The third-order valence-electron chi connectivity index (χ3n) is 3.63. The van der Waals surface area contributed by atoms with E-state index in [-0.39, 0.29) is 0 Å². The lowest BCUT2D eigenvalue weighted by atomic mass is 9.83. The van der Waals surface area contributed by atoms with Gasteiger partial charge in [0.05, 0.1) is 5.60 Å². The molecule has 1 aromatic rings. The molecule has 1 aromatic carbocycles. The molecule has 1 heteroatoms. The van der Waals surface area contributed by atoms with Crippen LogP contribution in [0.4, 0.5) is 0 Å². The van der Waals surface area contributed by atoms with Crippen LogP contribution in [0.25, 0.3) is 0 Å². The predicted octanol–water partition coefficient (Wildman–Crippen LogP) is 4.50. The fourth-order valence-corrected chi connectivity index (χ4v) is 2.42. The largest absolute Gasteiger partial charge is 0.385 e. The summed E-state index contributed by atoms with van der Waals surface area (Å²) in [4.78, 5) is 0. The zero-order valence-corrected chi connectivity index (χ0v) is 11.4. The van der Waals surface area contributed by atoms with Gasteiger partial charge >= 0.3 is 0 Å². The van der Waals surface area contributed by atoms with Gasteiger partial charge in [-0.05, 0) is 24.8 Å². The molecule has 0 aliphatic rings. The van der Waals surface area contributed by atoms with E-state index in [2.05, 4.69) is 13.8 Å². The molecule has 2 unspecified atom stereocenters. The van der Waals surface area contributed by atoms with Gasteiger partial charge in [0.1, 0.15) is 0 Å². The van der Waals surface area contributed by atoms with Gasteiger partial charge in [-0.2, -0.15) is 0 Å². The third-order valence-corrected chi connectivity index (χ3v) is 3.63. The first kappa shape index (κ1) is 14.2. The molecule has 0 amide bonds. The highest BCUT2D eigenvalue weighted by Crippen LogP contribution is 2.31. The number of hydrogen-bond acceptors (Lipinski definition) is 1. The van der Waals surface area contributed by atoms with Crippen LogP contribution in [-0.2, 0) is 5.60 Å². The molecular formula is C16H26O. The highest BCUT2D eigenvalue weighted by molar-refractivity contribution is 5.21. The summed E-state index contributed by atoms with van der Waals surface area (Å²) >= 11 is 0. The molecule has 0 saturated heterocycles. The van der Waals surface area contributed by atoms with Crippen LogP contribution in [0.15, 0.2) is 30.3 Å². The third kappa shape index (κ3) is 4.51. The van der Waals surface area contributed by atoms with Gasteiger partial charge in [0, 0.05) is 0 Å². The Labute approximate surface area is 106 Å². The maximum Gasteiger partial charge on any atom is 0.0871 e. The first-order chi connectivity index (χ1) is 8.10. The van der Waals surface area contributed by atoms with Crippen LogP contribution in [0.5, 0.6) is 0 Å². The van der Waals surface area contributed by atoms with Crippen LogP contribution < -0.4 is 0 Å². The summed E-state index contributed by atoms with van der Waals surface area (Å²) in [5.74, 6) is 0.630. The van der Waals surface area contributed by atoms with E-state index < -0.39 is 5.60 Å². The maximum absolute atomic E-state index is 10.6. The second-order valence-corrected chi connectivity index (χ2v) is 5.26. The van der Waals surface area contributed by atoms with Gasteiger partial charge < -0.3 is 5.11 Å². The smallest absolute Gasteiger partial charge is 0.0871 e. The zero-order valence-electron chi connectivity index (χ0n) is 11.4. The molecule has 0 fully saturated rings. The van der Waals surface area contributed by atoms with Crippen molar-refractivity contribution < 1.29 is 5.11 Å². The quantitative estimate of drug-likeness (QED) is 0.736. The van der Waals surface area contributed by atoms with Crippen LogP contribution in [-0.4, -0.2) is 5.11 Å². The van der Waals surface area contributed by atoms with Crippen LogP contribution >= 0.6 is 0 Å². The summed E-state index contributed by atoms with van der Waals surface area (Å²) in [7, 11) is 0. The summed E-state index contributed by atoms with van der Waals surface area (Å²) in [6, 6.07) is 10.0. The first-order valence-corrected chi connectivity index (χ1v) is 6.88. The minimum Gasteiger partial charge on any atom is -0.385 e. The van der Waals surface area contributed by atoms with E-state index in [1.54, 1.807) is 0 Å². The standard InChI is InChI=1S/C16H26O/c1-4-6-10-14(5-2)13-16(3,17)15-11-8-7-9-12-15/h7-9,11-12,14,17H,4-6,10,13H2,1-3H3. The Morgan fingerprint density at radius 3 is 2.35 bits per heavy atom. The number of rotatable bonds is 7. The van der Waals surface area contributed by atoms with Gasteiger partial charge in [0.2, 0.25) is 0 Å². The number of benzene rings is 1. The highest BCUT2D eigenvalue weighted by Gasteiger charge is 2.26. The molecule has 0 saturated carbocycles. The monoisotopic (exact) mass is 234 g/mol. The van der Waals surface area contributed by atoms with Crippen LogP contribution in [0.3, 0.4) is 0 Å². The van der Waals surface area contributed by atoms with Crippen molar-refractivity contribution in [3.8, 4) is 0 Å². The molecule has 2 atom stereocenters. The van der Waals surface area contributed by atoms with Crippen LogP contribution in [0, 0.1) is 5.92 Å². The fourth-order valence-electron chi connectivity index (χ4n) is 2.42. The van der Waals surface area contributed by atoms with Gasteiger partial charge in [0.25, 0.3) is 0 Å². The van der Waals surface area contributed by atoms with E-state index in [0.717, 1.165) is 18.4 Å². The van der Waals surface area contributed by atoms with Gasteiger partial charge in [-0.15, -0.1) is 0 Å². The van der Waals surface area contributed by atoms with Gasteiger partial charge in [-0.3, -0.25) is 0 Å². The van der Waals surface area contributed by atoms with Crippen molar-refractivity contribution in [2.24, 2.45) is 5.92 Å². The van der Waals surface area contributed by atoms with Crippen molar-refractivity contribution in [1.82, 2.24) is 0 Å². The molecule has 0 aromatic heterocycles. The van der Waals surface area contributed by atoms with E-state index in [4.69, 9.17) is 0 Å². The first-order valence-electron chi connectivity index (χ1n) is 6.88. The Morgan fingerprint density at radius 1 is 1.18 bits per heavy atom. The average molecular weight is 234 g/mol. The Morgan fingerprint density at radius 2 is 1.82 bits per heavy atom. The van der Waals surface area contributed by atoms with Crippen LogP contribution in [0.1, 0.15) is 58.4 Å². The Bertz CT molecular complexity index is 303. The number of aliphatic hydroxyl groups is 1. The van der Waals surface area contributed by atoms with E-state index >= 15 is 0 Å². The maximum atomic E-state index is 10.6. The van der Waals surface area contributed by atoms with Gasteiger partial charge in [0.15, 0.2) is 0 Å². The molecule has 0 aliphatic heterocycles. The summed E-state index contributed by atoms with van der Waals surface area (Å²) in [6.07, 6.45) is 5.76. The van der Waals surface area contributed by atoms with Crippen LogP contribution in [0.2, 0.25) is 0 Å². The minimum atomic E-state index is -0.685. The van der Waals surface area contributed by atoms with Crippen molar-refractivity contribution in [2.45, 2.75) is 58.5 Å². The highest BCUT2D eigenvalue weighted by atomic mass is 16.3. The van der Waals surface area contributed by atoms with Crippen molar-refractivity contribution in [1.29, 1.82) is 0 Å². The van der Waals surface area contributed by atoms with E-state index in [1.807, 2.05) is 37.3 Å². The Balaban J connectivity index is 2.64. The van der Waals surface area contributed by atoms with Crippen molar-refractivity contribution in [3.05, 3.63) is 35.9 Å². The Kier molecular flexibility index (Phi) is 5.70. The summed E-state index contributed by atoms with van der Waals surface area (Å²) < 4.78 is 0. The predicted molar refractivity (Wildman–Crippen MR) is 73.9 cm³/mol.